The van der Waals surface area contributed by atoms with Crippen molar-refractivity contribution in [2.24, 2.45) is 10.7 Å². The Morgan fingerprint density at radius 1 is 1.13 bits per heavy atom. The van der Waals surface area contributed by atoms with Crippen LogP contribution in [0.15, 0.2) is 53.5 Å². The molecule has 0 spiro atoms. The Kier molecular flexibility index (Phi) is 5.82. The van der Waals surface area contributed by atoms with Crippen LogP contribution in [-0.4, -0.2) is 31.8 Å². The van der Waals surface area contributed by atoms with E-state index in [0.29, 0.717) is 17.1 Å². The van der Waals surface area contributed by atoms with Crippen LogP contribution in [0, 0.1) is 0 Å². The first-order chi connectivity index (χ1) is 11.1. The second-order valence-electron chi connectivity index (χ2n) is 4.88. The Morgan fingerprint density at radius 2 is 1.74 bits per heavy atom. The monoisotopic (exact) mass is 315 g/mol. The number of aliphatic hydroxyl groups is 1. The van der Waals surface area contributed by atoms with E-state index in [9.17, 15) is 5.11 Å². The van der Waals surface area contributed by atoms with E-state index in [1.165, 1.54) is 0 Å². The maximum atomic E-state index is 10.3. The van der Waals surface area contributed by atoms with Crippen LogP contribution in [-0.2, 0) is 0 Å². The SMILES string of the molecule is COc1cc(OC)cc(C(O)CN=C(N)Nc2ccccc2)c1. The van der Waals surface area contributed by atoms with Crippen molar-refractivity contribution in [3.8, 4) is 11.5 Å². The van der Waals surface area contributed by atoms with E-state index in [4.69, 9.17) is 15.2 Å². The number of nitrogens with two attached hydrogens (primary N) is 1. The number of hydrogen-bond acceptors (Lipinski definition) is 4. The fourth-order valence-corrected chi connectivity index (χ4v) is 2.02. The van der Waals surface area contributed by atoms with Gasteiger partial charge >= 0.3 is 0 Å². The van der Waals surface area contributed by atoms with Crippen molar-refractivity contribution in [1.82, 2.24) is 0 Å². The molecule has 1 atom stereocenters. The summed E-state index contributed by atoms with van der Waals surface area (Å²) in [5.74, 6) is 1.46. The van der Waals surface area contributed by atoms with Gasteiger partial charge < -0.3 is 25.6 Å². The van der Waals surface area contributed by atoms with E-state index >= 15 is 0 Å². The fraction of sp³-hybridized carbons (Fsp3) is 0.235. The van der Waals surface area contributed by atoms with Gasteiger partial charge in [0.25, 0.3) is 0 Å². The van der Waals surface area contributed by atoms with E-state index < -0.39 is 6.10 Å². The zero-order valence-electron chi connectivity index (χ0n) is 13.2. The van der Waals surface area contributed by atoms with Crippen LogP contribution in [0.4, 0.5) is 5.69 Å². The summed E-state index contributed by atoms with van der Waals surface area (Å²) in [6.07, 6.45) is -0.810. The van der Waals surface area contributed by atoms with Gasteiger partial charge in [0.05, 0.1) is 26.9 Å². The van der Waals surface area contributed by atoms with Crippen molar-refractivity contribution in [1.29, 1.82) is 0 Å². The van der Waals surface area contributed by atoms with Gasteiger partial charge in [-0.15, -0.1) is 0 Å². The minimum Gasteiger partial charge on any atom is -0.497 e. The molecule has 23 heavy (non-hydrogen) atoms. The molecule has 0 aliphatic rings. The van der Waals surface area contributed by atoms with Gasteiger partial charge in [-0.1, -0.05) is 18.2 Å². The molecule has 2 aromatic carbocycles. The van der Waals surface area contributed by atoms with Crippen LogP contribution in [0.5, 0.6) is 11.5 Å². The van der Waals surface area contributed by atoms with E-state index in [0.717, 1.165) is 5.69 Å². The number of ether oxygens (including phenoxy) is 2. The number of rotatable bonds is 6. The van der Waals surface area contributed by atoms with E-state index in [1.54, 1.807) is 32.4 Å². The normalized spacial score (nSPS) is 12.6. The maximum absolute atomic E-state index is 10.3. The summed E-state index contributed by atoms with van der Waals surface area (Å²) in [5.41, 5.74) is 7.31. The lowest BCUT2D eigenvalue weighted by atomic mass is 10.1. The maximum Gasteiger partial charge on any atom is 0.193 e. The summed E-state index contributed by atoms with van der Waals surface area (Å²) in [6.45, 7) is 0.127. The zero-order chi connectivity index (χ0) is 16.7. The Labute approximate surface area is 135 Å². The molecule has 1 unspecified atom stereocenters. The summed E-state index contributed by atoms with van der Waals surface area (Å²) in [7, 11) is 3.12. The van der Waals surface area contributed by atoms with Gasteiger partial charge in [0.1, 0.15) is 11.5 Å². The molecule has 0 saturated heterocycles. The summed E-state index contributed by atoms with van der Waals surface area (Å²) in [6, 6.07) is 14.7. The standard InChI is InChI=1S/C17H21N3O3/c1-22-14-8-12(9-15(10-14)23-2)16(21)11-19-17(18)20-13-6-4-3-5-7-13/h3-10,16,21H,11H2,1-2H3,(H3,18,19,20). The van der Waals surface area contributed by atoms with Crippen LogP contribution in [0.2, 0.25) is 0 Å². The lowest BCUT2D eigenvalue weighted by Gasteiger charge is -2.13. The third-order valence-corrected chi connectivity index (χ3v) is 3.24. The van der Waals surface area contributed by atoms with E-state index in [2.05, 4.69) is 10.3 Å². The molecule has 122 valence electrons. The average Bonchev–Trinajstić information content (AvgIpc) is 2.60. The van der Waals surface area contributed by atoms with Crippen molar-refractivity contribution in [3.05, 3.63) is 54.1 Å². The van der Waals surface area contributed by atoms with Crippen molar-refractivity contribution in [2.75, 3.05) is 26.1 Å². The van der Waals surface area contributed by atoms with Crippen molar-refractivity contribution >= 4 is 11.6 Å². The second kappa shape index (κ2) is 8.05. The molecule has 2 aromatic rings. The lowest BCUT2D eigenvalue weighted by molar-refractivity contribution is 0.186. The molecule has 0 fully saturated rings. The van der Waals surface area contributed by atoms with Gasteiger partial charge in [0, 0.05) is 11.8 Å². The van der Waals surface area contributed by atoms with Gasteiger partial charge in [0.15, 0.2) is 5.96 Å². The number of aliphatic hydroxyl groups excluding tert-OH is 1. The molecule has 4 N–H and O–H groups in total. The zero-order valence-corrected chi connectivity index (χ0v) is 13.2. The summed E-state index contributed by atoms with van der Waals surface area (Å²) in [4.78, 5) is 4.16. The summed E-state index contributed by atoms with van der Waals surface area (Å²) >= 11 is 0. The molecule has 0 aliphatic carbocycles. The molecular weight excluding hydrogens is 294 g/mol. The van der Waals surface area contributed by atoms with Crippen LogP contribution in [0.1, 0.15) is 11.7 Å². The number of hydrogen-bond donors (Lipinski definition) is 3. The lowest BCUT2D eigenvalue weighted by Crippen LogP contribution is -2.23. The first-order valence-corrected chi connectivity index (χ1v) is 7.15. The first-order valence-electron chi connectivity index (χ1n) is 7.15. The van der Waals surface area contributed by atoms with Gasteiger partial charge in [-0.25, -0.2) is 0 Å². The minimum absolute atomic E-state index is 0.127. The number of aliphatic imine (C=N–C) groups is 1. The topological polar surface area (TPSA) is 89.1 Å². The number of benzene rings is 2. The Bertz CT molecular complexity index is 637. The third-order valence-electron chi connectivity index (χ3n) is 3.24. The smallest absolute Gasteiger partial charge is 0.193 e. The highest BCUT2D eigenvalue weighted by Gasteiger charge is 2.11. The van der Waals surface area contributed by atoms with Crippen molar-refractivity contribution < 1.29 is 14.6 Å². The van der Waals surface area contributed by atoms with Crippen LogP contribution in [0.3, 0.4) is 0 Å². The number of guanidine groups is 1. The Hall–Kier alpha value is -2.73. The number of anilines is 1. The molecule has 0 aromatic heterocycles. The van der Waals surface area contributed by atoms with Gasteiger partial charge in [0.2, 0.25) is 0 Å². The number of para-hydroxylation sites is 1. The van der Waals surface area contributed by atoms with Gasteiger partial charge in [-0.3, -0.25) is 4.99 Å². The summed E-state index contributed by atoms with van der Waals surface area (Å²) in [5, 5.41) is 13.2. The predicted molar refractivity (Wildman–Crippen MR) is 91.1 cm³/mol. The summed E-state index contributed by atoms with van der Waals surface area (Å²) < 4.78 is 10.4. The molecule has 0 bridgehead atoms. The molecular formula is C17H21N3O3. The van der Waals surface area contributed by atoms with Crippen LogP contribution in [0.25, 0.3) is 0 Å². The highest BCUT2D eigenvalue weighted by atomic mass is 16.5. The molecule has 2 rings (SSSR count). The van der Waals surface area contributed by atoms with Crippen LogP contribution >= 0.6 is 0 Å². The molecule has 6 nitrogen and oxygen atoms in total. The van der Waals surface area contributed by atoms with E-state index in [-0.39, 0.29) is 12.5 Å². The minimum atomic E-state index is -0.810. The van der Waals surface area contributed by atoms with Gasteiger partial charge in [-0.2, -0.15) is 0 Å². The second-order valence-corrected chi connectivity index (χ2v) is 4.88. The van der Waals surface area contributed by atoms with Crippen LogP contribution < -0.4 is 20.5 Å². The molecule has 0 amide bonds. The molecule has 0 radical (unpaired) electrons. The predicted octanol–water partition coefficient (Wildman–Crippen LogP) is 2.16. The highest BCUT2D eigenvalue weighted by molar-refractivity contribution is 5.92. The average molecular weight is 315 g/mol. The fourth-order valence-electron chi connectivity index (χ4n) is 2.02. The number of methoxy groups -OCH3 is 2. The highest BCUT2D eigenvalue weighted by Crippen LogP contribution is 2.26. The Balaban J connectivity index is 2.03. The molecule has 0 heterocycles. The third kappa shape index (κ3) is 4.89. The molecule has 6 heteroatoms. The first kappa shape index (κ1) is 16.6. The molecule has 0 saturated carbocycles. The van der Waals surface area contributed by atoms with Crippen molar-refractivity contribution in [3.63, 3.8) is 0 Å². The molecule has 0 aliphatic heterocycles. The largest absolute Gasteiger partial charge is 0.497 e. The number of nitrogens with one attached hydrogen (secondary N) is 1. The van der Waals surface area contributed by atoms with E-state index in [1.807, 2.05) is 30.3 Å². The van der Waals surface area contributed by atoms with Gasteiger partial charge in [-0.05, 0) is 29.8 Å². The quantitative estimate of drug-likeness (QED) is 0.561. The van der Waals surface area contributed by atoms with Crippen molar-refractivity contribution in [2.45, 2.75) is 6.10 Å². The number of nitrogens with zero attached hydrogens (tertiary/aromatic N) is 1. The Morgan fingerprint density at radius 3 is 2.30 bits per heavy atom.